The molecule has 0 saturated carbocycles. The fourth-order valence-corrected chi connectivity index (χ4v) is 2.47. The van der Waals surface area contributed by atoms with E-state index in [4.69, 9.17) is 0 Å². The zero-order valence-electron chi connectivity index (χ0n) is 12.4. The minimum absolute atomic E-state index is 0.0900. The quantitative estimate of drug-likeness (QED) is 0.919. The molecule has 6 heteroatoms. The monoisotopic (exact) mass is 297 g/mol. The Labute approximate surface area is 123 Å². The molecule has 4 nitrogen and oxygen atoms in total. The number of hydrogen-bond acceptors (Lipinski definition) is 3. The summed E-state index contributed by atoms with van der Waals surface area (Å²) in [7, 11) is 3.74. The van der Waals surface area contributed by atoms with E-state index in [1.165, 1.54) is 12.1 Å². The van der Waals surface area contributed by atoms with Crippen molar-refractivity contribution in [2.75, 3.05) is 40.3 Å². The summed E-state index contributed by atoms with van der Waals surface area (Å²) in [5.74, 6) is -0.168. The number of piperazine rings is 1. The summed E-state index contributed by atoms with van der Waals surface area (Å²) in [4.78, 5) is 16.1. The minimum atomic E-state index is -2.57. The lowest BCUT2D eigenvalue weighted by Crippen LogP contribution is -2.46. The highest BCUT2D eigenvalue weighted by atomic mass is 19.3. The normalized spacial score (nSPS) is 15.8. The Morgan fingerprint density at radius 2 is 1.95 bits per heavy atom. The number of nitrogens with zero attached hydrogens (tertiary/aromatic N) is 2. The Hall–Kier alpha value is -1.53. The van der Waals surface area contributed by atoms with Crippen LogP contribution in [0.5, 0.6) is 0 Å². The van der Waals surface area contributed by atoms with Gasteiger partial charge in [0.1, 0.15) is 0 Å². The highest BCUT2D eigenvalue weighted by molar-refractivity contribution is 5.94. The molecule has 1 N–H and O–H groups in total. The number of rotatable bonds is 4. The van der Waals surface area contributed by atoms with E-state index >= 15 is 0 Å². The molecule has 1 aliphatic heterocycles. The lowest BCUT2D eigenvalue weighted by atomic mass is 10.0. The van der Waals surface area contributed by atoms with E-state index in [0.29, 0.717) is 25.2 Å². The second kappa shape index (κ2) is 6.95. The van der Waals surface area contributed by atoms with Crippen molar-refractivity contribution in [3.63, 3.8) is 0 Å². The van der Waals surface area contributed by atoms with Crippen LogP contribution >= 0.6 is 0 Å². The maximum atomic E-state index is 13.0. The lowest BCUT2D eigenvalue weighted by Gasteiger charge is -2.28. The van der Waals surface area contributed by atoms with Crippen molar-refractivity contribution in [2.24, 2.45) is 0 Å². The van der Waals surface area contributed by atoms with Crippen molar-refractivity contribution in [1.82, 2.24) is 15.1 Å². The van der Waals surface area contributed by atoms with Gasteiger partial charge in [0.05, 0.1) is 0 Å². The highest BCUT2D eigenvalue weighted by Crippen LogP contribution is 2.23. The van der Waals surface area contributed by atoms with E-state index in [0.717, 1.165) is 18.7 Å². The third-order valence-corrected chi connectivity index (χ3v) is 3.42. The van der Waals surface area contributed by atoms with Crippen molar-refractivity contribution >= 4 is 5.91 Å². The number of hydrogen-bond donors (Lipinski definition) is 1. The summed E-state index contributed by atoms with van der Waals surface area (Å²) in [6.45, 7) is 3.24. The Morgan fingerprint density at radius 3 is 2.52 bits per heavy atom. The van der Waals surface area contributed by atoms with Gasteiger partial charge in [-0.15, -0.1) is 0 Å². The average molecular weight is 297 g/mol. The fourth-order valence-electron chi connectivity index (χ4n) is 2.47. The van der Waals surface area contributed by atoms with Gasteiger partial charge in [0.2, 0.25) is 0 Å². The smallest absolute Gasteiger partial charge is 0.263 e. The number of amides is 1. The van der Waals surface area contributed by atoms with Gasteiger partial charge < -0.3 is 15.1 Å². The van der Waals surface area contributed by atoms with Crippen molar-refractivity contribution in [3.8, 4) is 0 Å². The van der Waals surface area contributed by atoms with Gasteiger partial charge in [-0.2, -0.15) is 0 Å². The van der Waals surface area contributed by atoms with Crippen molar-refractivity contribution < 1.29 is 13.6 Å². The molecule has 1 fully saturated rings. The number of carbonyl (C=O) groups is 1. The van der Waals surface area contributed by atoms with Crippen LogP contribution in [0.3, 0.4) is 0 Å². The molecular formula is C15H21F2N3O. The average Bonchev–Trinajstić information content (AvgIpc) is 2.46. The summed E-state index contributed by atoms with van der Waals surface area (Å²) in [5.41, 5.74) is 0.996. The number of carbonyl (C=O) groups excluding carboxylic acids is 1. The molecule has 2 rings (SSSR count). The number of benzene rings is 1. The maximum absolute atomic E-state index is 13.0. The van der Waals surface area contributed by atoms with Crippen LogP contribution in [0.4, 0.5) is 8.78 Å². The molecule has 1 heterocycles. The summed E-state index contributed by atoms with van der Waals surface area (Å²) in [6.07, 6.45) is -2.57. The Kier molecular flexibility index (Phi) is 5.25. The van der Waals surface area contributed by atoms with E-state index in [-0.39, 0.29) is 11.5 Å². The highest BCUT2D eigenvalue weighted by Gasteiger charge is 2.20. The SMILES string of the molecule is CN(C)Cc1cc(C(=O)N2CCNCC2)cc(C(F)F)c1. The van der Waals surface area contributed by atoms with Gasteiger partial charge in [-0.25, -0.2) is 8.78 Å². The first-order chi connectivity index (χ1) is 9.97. The van der Waals surface area contributed by atoms with Crippen LogP contribution in [0.25, 0.3) is 0 Å². The van der Waals surface area contributed by atoms with Gasteiger partial charge in [-0.3, -0.25) is 4.79 Å². The number of halogens is 2. The molecular weight excluding hydrogens is 276 g/mol. The first-order valence-corrected chi connectivity index (χ1v) is 7.04. The first kappa shape index (κ1) is 15.9. The molecule has 1 aromatic carbocycles. The predicted octanol–water partition coefficient (Wildman–Crippen LogP) is 1.73. The van der Waals surface area contributed by atoms with Crippen LogP contribution in [0.2, 0.25) is 0 Å². The minimum Gasteiger partial charge on any atom is -0.336 e. The van der Waals surface area contributed by atoms with Crippen LogP contribution in [-0.4, -0.2) is 56.0 Å². The van der Waals surface area contributed by atoms with Gasteiger partial charge in [0.25, 0.3) is 12.3 Å². The van der Waals surface area contributed by atoms with Crippen LogP contribution < -0.4 is 5.32 Å². The summed E-state index contributed by atoms with van der Waals surface area (Å²) in [6, 6.07) is 4.50. The van der Waals surface area contributed by atoms with Gasteiger partial charge in [-0.1, -0.05) is 0 Å². The molecule has 0 aliphatic carbocycles. The van der Waals surface area contributed by atoms with Crippen molar-refractivity contribution in [2.45, 2.75) is 13.0 Å². The van der Waals surface area contributed by atoms with Crippen LogP contribution in [-0.2, 0) is 6.54 Å². The van der Waals surface area contributed by atoms with E-state index in [1.807, 2.05) is 19.0 Å². The first-order valence-electron chi connectivity index (χ1n) is 7.04. The summed E-state index contributed by atoms with van der Waals surface area (Å²) >= 11 is 0. The zero-order chi connectivity index (χ0) is 15.4. The molecule has 0 aromatic heterocycles. The van der Waals surface area contributed by atoms with Crippen molar-refractivity contribution in [3.05, 3.63) is 34.9 Å². The third kappa shape index (κ3) is 4.22. The Bertz CT molecular complexity index is 500. The molecule has 1 saturated heterocycles. The standard InChI is InChI=1S/C15H21F2N3O/c1-19(2)10-11-7-12(14(16)17)9-13(8-11)15(21)20-5-3-18-4-6-20/h7-9,14,18H,3-6,10H2,1-2H3. The molecule has 1 amide bonds. The van der Waals surface area contributed by atoms with E-state index in [9.17, 15) is 13.6 Å². The maximum Gasteiger partial charge on any atom is 0.263 e. The van der Waals surface area contributed by atoms with Crippen molar-refractivity contribution in [1.29, 1.82) is 0 Å². The predicted molar refractivity (Wildman–Crippen MR) is 77.6 cm³/mol. The molecule has 0 radical (unpaired) electrons. The van der Waals surface area contributed by atoms with E-state index in [2.05, 4.69) is 5.32 Å². The molecule has 0 bridgehead atoms. The molecule has 21 heavy (non-hydrogen) atoms. The molecule has 1 aromatic rings. The summed E-state index contributed by atoms with van der Waals surface area (Å²) < 4.78 is 26.0. The fraction of sp³-hybridized carbons (Fsp3) is 0.533. The second-order valence-corrected chi connectivity index (χ2v) is 5.54. The zero-order valence-corrected chi connectivity index (χ0v) is 12.4. The van der Waals surface area contributed by atoms with Gasteiger partial charge in [-0.05, 0) is 37.9 Å². The number of nitrogens with one attached hydrogen (secondary N) is 1. The van der Waals surface area contributed by atoms with Gasteiger partial charge in [0.15, 0.2) is 0 Å². The largest absolute Gasteiger partial charge is 0.336 e. The topological polar surface area (TPSA) is 35.6 Å². The molecule has 1 aliphatic rings. The lowest BCUT2D eigenvalue weighted by molar-refractivity contribution is 0.0735. The Balaban J connectivity index is 2.27. The van der Waals surface area contributed by atoms with Gasteiger partial charge >= 0.3 is 0 Å². The van der Waals surface area contributed by atoms with Crippen LogP contribution in [0, 0.1) is 0 Å². The summed E-state index contributed by atoms with van der Waals surface area (Å²) in [5, 5.41) is 3.17. The molecule has 0 atom stereocenters. The third-order valence-electron chi connectivity index (χ3n) is 3.42. The second-order valence-electron chi connectivity index (χ2n) is 5.54. The molecule has 0 spiro atoms. The van der Waals surface area contributed by atoms with Gasteiger partial charge in [0, 0.05) is 43.9 Å². The van der Waals surface area contributed by atoms with E-state index < -0.39 is 6.43 Å². The molecule has 116 valence electrons. The Morgan fingerprint density at radius 1 is 1.29 bits per heavy atom. The number of alkyl halides is 2. The van der Waals surface area contributed by atoms with Crippen LogP contribution in [0.15, 0.2) is 18.2 Å². The van der Waals surface area contributed by atoms with E-state index in [1.54, 1.807) is 11.0 Å². The molecule has 0 unspecified atom stereocenters. The van der Waals surface area contributed by atoms with Crippen LogP contribution in [0.1, 0.15) is 27.9 Å².